The van der Waals surface area contributed by atoms with Gasteiger partial charge in [0.05, 0.1) is 11.3 Å². The highest BCUT2D eigenvalue weighted by atomic mass is 32.1. The number of hydrogen-bond acceptors (Lipinski definition) is 6. The van der Waals surface area contributed by atoms with Gasteiger partial charge < -0.3 is 9.64 Å². The van der Waals surface area contributed by atoms with E-state index in [0.717, 1.165) is 14.7 Å². The van der Waals surface area contributed by atoms with E-state index in [-0.39, 0.29) is 5.97 Å². The maximum absolute atomic E-state index is 11.5. The molecular weight excluding hydrogens is 244 g/mol. The maximum atomic E-state index is 11.5. The van der Waals surface area contributed by atoms with Crippen LogP contribution in [0.15, 0.2) is 6.07 Å². The van der Waals surface area contributed by atoms with Crippen LogP contribution in [0.1, 0.15) is 16.6 Å². The van der Waals surface area contributed by atoms with Gasteiger partial charge in [-0.2, -0.15) is 0 Å². The molecule has 2 aromatic heterocycles. The average Bonchev–Trinajstić information content (AvgIpc) is 2.73. The summed E-state index contributed by atoms with van der Waals surface area (Å²) in [6.45, 7) is 2.21. The highest BCUT2D eigenvalue weighted by Crippen LogP contribution is 2.34. The molecule has 2 heterocycles. The SMILES string of the molecule is CCOC(=O)c1cc2sc(N(C)C)nc2s1. The first-order chi connectivity index (χ1) is 7.61. The van der Waals surface area contributed by atoms with Gasteiger partial charge in [0.2, 0.25) is 0 Å². The monoisotopic (exact) mass is 256 g/mol. The summed E-state index contributed by atoms with van der Waals surface area (Å²) in [5.74, 6) is -0.260. The van der Waals surface area contributed by atoms with Crippen LogP contribution in [0.5, 0.6) is 0 Å². The summed E-state index contributed by atoms with van der Waals surface area (Å²) in [4.78, 5) is 19.4. The van der Waals surface area contributed by atoms with Crippen LogP contribution in [-0.4, -0.2) is 31.7 Å². The van der Waals surface area contributed by atoms with E-state index in [1.165, 1.54) is 11.3 Å². The van der Waals surface area contributed by atoms with E-state index >= 15 is 0 Å². The Hall–Kier alpha value is -1.14. The van der Waals surface area contributed by atoms with Gasteiger partial charge in [-0.25, -0.2) is 9.78 Å². The van der Waals surface area contributed by atoms with Crippen molar-refractivity contribution in [2.45, 2.75) is 6.92 Å². The van der Waals surface area contributed by atoms with Crippen molar-refractivity contribution in [2.24, 2.45) is 0 Å². The minimum absolute atomic E-state index is 0.260. The highest BCUT2D eigenvalue weighted by molar-refractivity contribution is 7.29. The van der Waals surface area contributed by atoms with E-state index in [9.17, 15) is 4.79 Å². The fourth-order valence-corrected chi connectivity index (χ4v) is 3.25. The molecule has 0 saturated heterocycles. The third-order valence-corrected chi connectivity index (χ3v) is 4.25. The molecule has 0 fully saturated rings. The predicted molar refractivity (Wildman–Crippen MR) is 67.8 cm³/mol. The number of esters is 1. The number of thiophene rings is 1. The number of carbonyl (C=O) groups excluding carboxylic acids is 1. The van der Waals surface area contributed by atoms with E-state index in [1.807, 2.05) is 25.1 Å². The number of hydrogen-bond donors (Lipinski definition) is 0. The molecule has 86 valence electrons. The number of ether oxygens (including phenoxy) is 1. The number of rotatable bonds is 3. The molecule has 0 saturated carbocycles. The summed E-state index contributed by atoms with van der Waals surface area (Å²) in [6.07, 6.45) is 0. The van der Waals surface area contributed by atoms with Gasteiger partial charge in [-0.1, -0.05) is 11.3 Å². The van der Waals surface area contributed by atoms with E-state index in [1.54, 1.807) is 18.3 Å². The fourth-order valence-electron chi connectivity index (χ4n) is 1.22. The molecule has 0 aromatic carbocycles. The van der Waals surface area contributed by atoms with Crippen molar-refractivity contribution >= 4 is 43.3 Å². The number of anilines is 1. The second-order valence-electron chi connectivity index (χ2n) is 3.39. The molecule has 2 aromatic rings. The van der Waals surface area contributed by atoms with Gasteiger partial charge in [-0.15, -0.1) is 11.3 Å². The van der Waals surface area contributed by atoms with E-state index in [2.05, 4.69) is 4.98 Å². The topological polar surface area (TPSA) is 42.4 Å². The molecule has 0 aliphatic carbocycles. The molecular formula is C10H12N2O2S2. The summed E-state index contributed by atoms with van der Waals surface area (Å²) in [5.41, 5.74) is 0. The van der Waals surface area contributed by atoms with Crippen LogP contribution in [-0.2, 0) is 4.74 Å². The Labute approximate surface area is 101 Å². The van der Waals surface area contributed by atoms with Crippen LogP contribution in [0.25, 0.3) is 9.53 Å². The summed E-state index contributed by atoms with van der Waals surface area (Å²) in [7, 11) is 3.91. The van der Waals surface area contributed by atoms with Gasteiger partial charge >= 0.3 is 5.97 Å². The number of thiazole rings is 1. The molecule has 4 nitrogen and oxygen atoms in total. The molecule has 0 aliphatic rings. The molecule has 0 spiro atoms. The first-order valence-corrected chi connectivity index (χ1v) is 6.50. The van der Waals surface area contributed by atoms with Gasteiger partial charge in [0.15, 0.2) is 5.13 Å². The van der Waals surface area contributed by atoms with Crippen molar-refractivity contribution in [1.82, 2.24) is 4.98 Å². The summed E-state index contributed by atoms with van der Waals surface area (Å²) < 4.78 is 5.98. The van der Waals surface area contributed by atoms with Gasteiger partial charge in [0.1, 0.15) is 9.71 Å². The maximum Gasteiger partial charge on any atom is 0.348 e. The standard InChI is InChI=1S/C10H12N2O2S2/c1-4-14-9(13)7-5-6-8(15-7)11-10(16-6)12(2)3/h5H,4H2,1-3H3. The van der Waals surface area contributed by atoms with E-state index in [4.69, 9.17) is 4.74 Å². The zero-order chi connectivity index (χ0) is 11.7. The zero-order valence-corrected chi connectivity index (χ0v) is 10.9. The van der Waals surface area contributed by atoms with Crippen LogP contribution < -0.4 is 4.90 Å². The lowest BCUT2D eigenvalue weighted by atomic mass is 10.5. The number of fused-ring (bicyclic) bond motifs is 1. The molecule has 16 heavy (non-hydrogen) atoms. The van der Waals surface area contributed by atoms with Gasteiger partial charge in [0, 0.05) is 14.1 Å². The van der Waals surface area contributed by atoms with Crippen LogP contribution in [0.2, 0.25) is 0 Å². The molecule has 0 aliphatic heterocycles. The Balaban J connectivity index is 2.32. The molecule has 0 N–H and O–H groups in total. The lowest BCUT2D eigenvalue weighted by molar-refractivity contribution is 0.0532. The quantitative estimate of drug-likeness (QED) is 0.792. The van der Waals surface area contributed by atoms with Crippen LogP contribution in [0.4, 0.5) is 5.13 Å². The lowest BCUT2D eigenvalue weighted by Gasteiger charge is -2.04. The van der Waals surface area contributed by atoms with E-state index in [0.29, 0.717) is 11.5 Å². The molecule has 0 unspecified atom stereocenters. The van der Waals surface area contributed by atoms with Crippen LogP contribution >= 0.6 is 22.7 Å². The molecule has 0 amide bonds. The van der Waals surface area contributed by atoms with Crippen molar-refractivity contribution in [3.8, 4) is 0 Å². The summed E-state index contributed by atoms with van der Waals surface area (Å²) >= 11 is 2.96. The van der Waals surface area contributed by atoms with E-state index < -0.39 is 0 Å². The second-order valence-corrected chi connectivity index (χ2v) is 5.43. The van der Waals surface area contributed by atoms with Crippen LogP contribution in [0, 0.1) is 0 Å². The predicted octanol–water partition coefficient (Wildman–Crippen LogP) is 2.60. The number of carbonyl (C=O) groups is 1. The fraction of sp³-hybridized carbons (Fsp3) is 0.400. The molecule has 0 radical (unpaired) electrons. The van der Waals surface area contributed by atoms with Crippen LogP contribution in [0.3, 0.4) is 0 Å². The smallest absolute Gasteiger partial charge is 0.348 e. The third-order valence-electron chi connectivity index (χ3n) is 1.94. The first-order valence-electron chi connectivity index (χ1n) is 4.86. The minimum atomic E-state index is -0.260. The third kappa shape index (κ3) is 2.03. The first kappa shape index (κ1) is 11.3. The Morgan fingerprint density at radius 1 is 1.50 bits per heavy atom. The number of nitrogens with zero attached hydrogens (tertiary/aromatic N) is 2. The Kier molecular flexibility index (Phi) is 3.11. The van der Waals surface area contributed by atoms with Crippen molar-refractivity contribution in [3.63, 3.8) is 0 Å². The highest BCUT2D eigenvalue weighted by Gasteiger charge is 2.15. The largest absolute Gasteiger partial charge is 0.462 e. The van der Waals surface area contributed by atoms with Crippen molar-refractivity contribution < 1.29 is 9.53 Å². The van der Waals surface area contributed by atoms with Gasteiger partial charge in [-0.3, -0.25) is 0 Å². The zero-order valence-electron chi connectivity index (χ0n) is 9.31. The average molecular weight is 256 g/mol. The van der Waals surface area contributed by atoms with Crippen molar-refractivity contribution in [2.75, 3.05) is 25.6 Å². The molecule has 2 rings (SSSR count). The lowest BCUT2D eigenvalue weighted by Crippen LogP contribution is -2.07. The van der Waals surface area contributed by atoms with Crippen molar-refractivity contribution in [1.29, 1.82) is 0 Å². The molecule has 0 bridgehead atoms. The van der Waals surface area contributed by atoms with Gasteiger partial charge in [-0.05, 0) is 13.0 Å². The Morgan fingerprint density at radius 3 is 2.81 bits per heavy atom. The number of aromatic nitrogens is 1. The minimum Gasteiger partial charge on any atom is -0.462 e. The van der Waals surface area contributed by atoms with Crippen molar-refractivity contribution in [3.05, 3.63) is 10.9 Å². The van der Waals surface area contributed by atoms with Gasteiger partial charge in [0.25, 0.3) is 0 Å². The Bertz CT molecular complexity index is 484. The Morgan fingerprint density at radius 2 is 2.25 bits per heavy atom. The molecule has 6 heteroatoms. The normalized spacial score (nSPS) is 10.7. The second kappa shape index (κ2) is 4.39. The summed E-state index contributed by atoms with van der Waals surface area (Å²) in [5, 5.41) is 0.955. The summed E-state index contributed by atoms with van der Waals surface area (Å²) in [6, 6.07) is 1.85. The molecule has 0 atom stereocenters.